The fourth-order valence-corrected chi connectivity index (χ4v) is 4.99. The number of aromatic nitrogens is 2. The van der Waals surface area contributed by atoms with Gasteiger partial charge in [-0.1, -0.05) is 42.5 Å². The first kappa shape index (κ1) is 22.6. The quantitative estimate of drug-likeness (QED) is 0.298. The van der Waals surface area contributed by atoms with Crippen LogP contribution in [0.15, 0.2) is 85.3 Å². The number of aromatic amines is 2. The Hall–Kier alpha value is -3.21. The van der Waals surface area contributed by atoms with Gasteiger partial charge < -0.3 is 19.8 Å². The average molecular weight is 481 g/mol. The summed E-state index contributed by atoms with van der Waals surface area (Å²) in [5, 5.41) is 12.2. The van der Waals surface area contributed by atoms with E-state index in [1.165, 1.54) is 0 Å². The van der Waals surface area contributed by atoms with Gasteiger partial charge in [0.1, 0.15) is 12.2 Å². The van der Waals surface area contributed by atoms with Crippen LogP contribution in [0, 0.1) is 0 Å². The van der Waals surface area contributed by atoms with Crippen molar-refractivity contribution in [3.63, 3.8) is 0 Å². The van der Waals surface area contributed by atoms with E-state index in [0.29, 0.717) is 11.1 Å². The second-order valence-electron chi connectivity index (χ2n) is 8.27. The van der Waals surface area contributed by atoms with Gasteiger partial charge in [0.05, 0.1) is 12.7 Å². The van der Waals surface area contributed by atoms with Gasteiger partial charge in [-0.25, -0.2) is 4.18 Å². The van der Waals surface area contributed by atoms with Crippen molar-refractivity contribution in [2.24, 2.45) is 0 Å². The van der Waals surface area contributed by atoms with Crippen LogP contribution in [0.1, 0.15) is 22.6 Å². The molecule has 4 aromatic rings. The van der Waals surface area contributed by atoms with Crippen LogP contribution in [0.25, 0.3) is 16.5 Å². The summed E-state index contributed by atoms with van der Waals surface area (Å²) in [7, 11) is -4.88. The highest BCUT2D eigenvalue weighted by Crippen LogP contribution is 2.40. The first-order chi connectivity index (χ1) is 16.4. The molecule has 176 valence electrons. The number of aliphatic hydroxyl groups excluding tert-OH is 1. The largest absolute Gasteiger partial charge is 0.397 e. The molecular formula is C25H24N2O6S. The maximum Gasteiger partial charge on any atom is 0.397 e. The fraction of sp³-hybridized carbons (Fsp3) is 0.200. The van der Waals surface area contributed by atoms with Gasteiger partial charge >= 0.3 is 10.4 Å². The van der Waals surface area contributed by atoms with E-state index in [-0.39, 0.29) is 6.61 Å². The Morgan fingerprint density at radius 2 is 1.79 bits per heavy atom. The first-order valence-electron chi connectivity index (χ1n) is 10.8. The Balaban J connectivity index is 1.58. The van der Waals surface area contributed by atoms with Crippen molar-refractivity contribution in [3.8, 4) is 0 Å². The molecular weight excluding hydrogens is 456 g/mol. The Bertz CT molecular complexity index is 1400. The number of benzene rings is 2. The summed E-state index contributed by atoms with van der Waals surface area (Å²) < 4.78 is 44.3. The van der Waals surface area contributed by atoms with Crippen molar-refractivity contribution in [1.29, 1.82) is 0 Å². The molecule has 0 amide bonds. The third kappa shape index (κ3) is 4.70. The van der Waals surface area contributed by atoms with Crippen LogP contribution in [0.5, 0.6) is 0 Å². The van der Waals surface area contributed by atoms with Gasteiger partial charge in [-0.3, -0.25) is 4.55 Å². The van der Waals surface area contributed by atoms with Crippen LogP contribution in [-0.2, 0) is 25.9 Å². The number of nitrogens with one attached hydrogen (secondary N) is 2. The van der Waals surface area contributed by atoms with Crippen LogP contribution in [0.2, 0.25) is 0 Å². The van der Waals surface area contributed by atoms with Gasteiger partial charge in [0, 0.05) is 30.0 Å². The zero-order valence-corrected chi connectivity index (χ0v) is 18.9. The molecule has 0 radical (unpaired) electrons. The molecule has 0 unspecified atom stereocenters. The van der Waals surface area contributed by atoms with E-state index in [2.05, 4.69) is 9.97 Å². The van der Waals surface area contributed by atoms with E-state index < -0.39 is 34.6 Å². The van der Waals surface area contributed by atoms with E-state index in [4.69, 9.17) is 8.92 Å². The minimum Gasteiger partial charge on any atom is -0.386 e. The molecule has 34 heavy (non-hydrogen) atoms. The van der Waals surface area contributed by atoms with Crippen molar-refractivity contribution in [1.82, 2.24) is 9.97 Å². The molecule has 0 aliphatic heterocycles. The molecule has 0 saturated carbocycles. The summed E-state index contributed by atoms with van der Waals surface area (Å²) in [5.74, 6) is -0.456. The fourth-order valence-electron chi connectivity index (χ4n) is 4.49. The SMILES string of the molecule is O=S(=O)(O)O[C@H]1[C@H](OCc2ccccc2)[C@@H](c2cc[nH]c2)C=C(c2ccc3[nH]ccc3c2)[C@H]1O. The standard InChI is InChI=1S/C25H24N2O6S/c28-23-20(17-6-7-22-18(12-17)9-11-27-22)13-21(19-8-10-26-14-19)24(25(23)33-34(29,30)31)32-15-16-4-2-1-3-5-16/h1-14,21,23-28H,15H2,(H,29,30,31)/t21-,23-,24-,25-/m1/s1. The lowest BCUT2D eigenvalue weighted by Gasteiger charge is -2.39. The van der Waals surface area contributed by atoms with Crippen LogP contribution in [0.4, 0.5) is 0 Å². The Kier molecular flexibility index (Phi) is 6.11. The molecule has 1 aliphatic rings. The summed E-state index contributed by atoms with van der Waals surface area (Å²) in [6.45, 7) is 0.170. The molecule has 4 atom stereocenters. The number of hydrogen-bond donors (Lipinski definition) is 4. The average Bonchev–Trinajstić information content (AvgIpc) is 3.51. The Morgan fingerprint density at radius 3 is 2.53 bits per heavy atom. The van der Waals surface area contributed by atoms with Gasteiger partial charge in [0.2, 0.25) is 0 Å². The predicted molar refractivity (Wildman–Crippen MR) is 127 cm³/mol. The van der Waals surface area contributed by atoms with Gasteiger partial charge in [-0.2, -0.15) is 8.42 Å². The Labute approximate surface area is 196 Å². The van der Waals surface area contributed by atoms with Crippen LogP contribution in [-0.4, -0.2) is 46.4 Å². The summed E-state index contributed by atoms with van der Waals surface area (Å²) in [5.41, 5.74) is 3.84. The predicted octanol–water partition coefficient (Wildman–Crippen LogP) is 3.81. The van der Waals surface area contributed by atoms with Crippen molar-refractivity contribution < 1.29 is 27.0 Å². The molecule has 2 aromatic heterocycles. The molecule has 9 heteroatoms. The zero-order chi connectivity index (χ0) is 23.7. The van der Waals surface area contributed by atoms with Crippen molar-refractivity contribution in [3.05, 3.63) is 102 Å². The molecule has 2 heterocycles. The highest BCUT2D eigenvalue weighted by molar-refractivity contribution is 7.80. The van der Waals surface area contributed by atoms with Crippen LogP contribution in [0.3, 0.4) is 0 Å². The number of H-pyrrole nitrogens is 2. The smallest absolute Gasteiger partial charge is 0.386 e. The minimum absolute atomic E-state index is 0.170. The molecule has 8 nitrogen and oxygen atoms in total. The van der Waals surface area contributed by atoms with Crippen LogP contribution >= 0.6 is 0 Å². The summed E-state index contributed by atoms with van der Waals surface area (Å²) in [6, 6.07) is 18.8. The highest BCUT2D eigenvalue weighted by Gasteiger charge is 2.44. The maximum absolute atomic E-state index is 11.8. The molecule has 4 N–H and O–H groups in total. The van der Waals surface area contributed by atoms with Crippen molar-refractivity contribution >= 4 is 26.9 Å². The third-order valence-electron chi connectivity index (χ3n) is 6.08. The van der Waals surface area contributed by atoms with E-state index in [9.17, 15) is 18.1 Å². The molecule has 0 spiro atoms. The van der Waals surface area contributed by atoms with Gasteiger partial charge in [0.25, 0.3) is 0 Å². The van der Waals surface area contributed by atoms with Gasteiger partial charge in [-0.15, -0.1) is 0 Å². The lowest BCUT2D eigenvalue weighted by Crippen LogP contribution is -2.48. The maximum atomic E-state index is 11.8. The normalized spacial score (nSPS) is 23.2. The number of aliphatic hydroxyl groups is 1. The van der Waals surface area contributed by atoms with Crippen LogP contribution < -0.4 is 0 Å². The van der Waals surface area contributed by atoms with Crippen molar-refractivity contribution in [2.75, 3.05) is 0 Å². The lowest BCUT2D eigenvalue weighted by molar-refractivity contribution is -0.0804. The second kappa shape index (κ2) is 9.21. The van der Waals surface area contributed by atoms with E-state index in [1.807, 2.05) is 72.9 Å². The summed E-state index contributed by atoms with van der Waals surface area (Å²) in [4.78, 5) is 6.14. The number of hydrogen-bond acceptors (Lipinski definition) is 5. The van der Waals surface area contributed by atoms with E-state index in [0.717, 1.165) is 22.0 Å². The number of ether oxygens (including phenoxy) is 1. The number of fused-ring (bicyclic) bond motifs is 1. The third-order valence-corrected chi connectivity index (χ3v) is 6.54. The molecule has 0 fully saturated rings. The molecule has 0 bridgehead atoms. The van der Waals surface area contributed by atoms with E-state index in [1.54, 1.807) is 12.4 Å². The molecule has 1 aliphatic carbocycles. The van der Waals surface area contributed by atoms with Crippen molar-refractivity contribution in [2.45, 2.75) is 30.8 Å². The molecule has 0 saturated heterocycles. The molecule has 5 rings (SSSR count). The van der Waals surface area contributed by atoms with Gasteiger partial charge in [0.15, 0.2) is 0 Å². The minimum atomic E-state index is -4.88. The summed E-state index contributed by atoms with van der Waals surface area (Å²) in [6.07, 6.45) is 3.60. The van der Waals surface area contributed by atoms with Gasteiger partial charge in [-0.05, 0) is 51.9 Å². The summed E-state index contributed by atoms with van der Waals surface area (Å²) >= 11 is 0. The topological polar surface area (TPSA) is 125 Å². The highest BCUT2D eigenvalue weighted by atomic mass is 32.3. The number of rotatable bonds is 7. The lowest BCUT2D eigenvalue weighted by atomic mass is 9.78. The first-order valence-corrected chi connectivity index (χ1v) is 12.2. The second-order valence-corrected chi connectivity index (χ2v) is 9.31. The Morgan fingerprint density at radius 1 is 0.971 bits per heavy atom. The van der Waals surface area contributed by atoms with E-state index >= 15 is 0 Å². The molecule has 2 aromatic carbocycles. The monoisotopic (exact) mass is 480 g/mol. The zero-order valence-electron chi connectivity index (χ0n) is 18.0.